The van der Waals surface area contributed by atoms with Crippen molar-refractivity contribution < 1.29 is 4.74 Å². The molecule has 0 aliphatic carbocycles. The number of hydrogen-bond acceptors (Lipinski definition) is 2. The molecular weight excluding hydrogens is 338 g/mol. The number of nitrogens with one attached hydrogen (secondary N) is 1. The standard InChI is InChI=1S/C19H24BrNO/c1-4-15(3)21-12-17-11-18(20)9-10-19(17)22-13-16-7-5-14(2)6-8-16/h5-11,15,21H,4,12-13H2,1-3H3/t15-/m0/s1. The Labute approximate surface area is 142 Å². The molecule has 22 heavy (non-hydrogen) atoms. The van der Waals surface area contributed by atoms with Gasteiger partial charge in [0.25, 0.3) is 0 Å². The smallest absolute Gasteiger partial charge is 0.124 e. The molecule has 2 aromatic carbocycles. The lowest BCUT2D eigenvalue weighted by Gasteiger charge is -2.15. The van der Waals surface area contributed by atoms with E-state index in [2.05, 4.69) is 72.3 Å². The van der Waals surface area contributed by atoms with Crippen LogP contribution in [0.25, 0.3) is 0 Å². The molecule has 0 unspecified atom stereocenters. The van der Waals surface area contributed by atoms with Crippen molar-refractivity contribution in [3.05, 3.63) is 63.6 Å². The molecule has 2 nitrogen and oxygen atoms in total. The van der Waals surface area contributed by atoms with Crippen LogP contribution in [-0.2, 0) is 13.2 Å². The third-order valence-electron chi connectivity index (χ3n) is 3.79. The highest BCUT2D eigenvalue weighted by molar-refractivity contribution is 9.10. The minimum Gasteiger partial charge on any atom is -0.489 e. The fourth-order valence-electron chi connectivity index (χ4n) is 2.10. The van der Waals surface area contributed by atoms with Gasteiger partial charge in [-0.3, -0.25) is 0 Å². The number of halogens is 1. The van der Waals surface area contributed by atoms with Crippen molar-refractivity contribution in [2.75, 3.05) is 0 Å². The molecule has 0 spiro atoms. The number of benzene rings is 2. The molecule has 0 aromatic heterocycles. The second kappa shape index (κ2) is 8.35. The summed E-state index contributed by atoms with van der Waals surface area (Å²) in [6, 6.07) is 15.2. The Morgan fingerprint density at radius 1 is 1.14 bits per heavy atom. The van der Waals surface area contributed by atoms with Crippen molar-refractivity contribution in [2.24, 2.45) is 0 Å². The highest BCUT2D eigenvalue weighted by Gasteiger charge is 2.07. The number of ether oxygens (including phenoxy) is 1. The first-order valence-electron chi connectivity index (χ1n) is 7.78. The average molecular weight is 362 g/mol. The fourth-order valence-corrected chi connectivity index (χ4v) is 2.51. The topological polar surface area (TPSA) is 21.3 Å². The maximum absolute atomic E-state index is 6.02. The monoisotopic (exact) mass is 361 g/mol. The zero-order valence-electron chi connectivity index (χ0n) is 13.5. The minimum absolute atomic E-state index is 0.504. The summed E-state index contributed by atoms with van der Waals surface area (Å²) in [5, 5.41) is 3.52. The second-order valence-corrected chi connectivity index (χ2v) is 6.63. The van der Waals surface area contributed by atoms with Gasteiger partial charge in [-0.05, 0) is 44.0 Å². The number of aryl methyl sites for hydroxylation is 1. The molecule has 0 heterocycles. The Balaban J connectivity index is 2.04. The van der Waals surface area contributed by atoms with E-state index in [4.69, 9.17) is 4.74 Å². The molecule has 0 bridgehead atoms. The fraction of sp³-hybridized carbons (Fsp3) is 0.368. The van der Waals surface area contributed by atoms with Crippen LogP contribution in [0.2, 0.25) is 0 Å². The van der Waals surface area contributed by atoms with Crippen LogP contribution in [0.3, 0.4) is 0 Å². The Morgan fingerprint density at radius 2 is 1.86 bits per heavy atom. The summed E-state index contributed by atoms with van der Waals surface area (Å²) < 4.78 is 7.10. The largest absolute Gasteiger partial charge is 0.489 e. The van der Waals surface area contributed by atoms with E-state index in [0.717, 1.165) is 23.2 Å². The van der Waals surface area contributed by atoms with Crippen molar-refractivity contribution in [3.8, 4) is 5.75 Å². The van der Waals surface area contributed by atoms with Crippen LogP contribution in [0.1, 0.15) is 37.0 Å². The van der Waals surface area contributed by atoms with Gasteiger partial charge >= 0.3 is 0 Å². The van der Waals surface area contributed by atoms with Crippen molar-refractivity contribution in [1.82, 2.24) is 5.32 Å². The molecule has 0 aliphatic rings. The van der Waals surface area contributed by atoms with Gasteiger partial charge in [0, 0.05) is 22.6 Å². The summed E-state index contributed by atoms with van der Waals surface area (Å²) >= 11 is 3.54. The van der Waals surface area contributed by atoms with Crippen LogP contribution in [-0.4, -0.2) is 6.04 Å². The van der Waals surface area contributed by atoms with E-state index >= 15 is 0 Å². The third-order valence-corrected chi connectivity index (χ3v) is 4.28. The molecule has 1 N–H and O–H groups in total. The van der Waals surface area contributed by atoms with Crippen LogP contribution in [0.4, 0.5) is 0 Å². The van der Waals surface area contributed by atoms with Gasteiger partial charge in [-0.2, -0.15) is 0 Å². The summed E-state index contributed by atoms with van der Waals surface area (Å²) in [6.07, 6.45) is 1.12. The maximum Gasteiger partial charge on any atom is 0.124 e. The summed E-state index contributed by atoms with van der Waals surface area (Å²) in [6.45, 7) is 7.89. The van der Waals surface area contributed by atoms with E-state index in [1.165, 1.54) is 16.7 Å². The van der Waals surface area contributed by atoms with Crippen LogP contribution in [0.15, 0.2) is 46.9 Å². The van der Waals surface area contributed by atoms with E-state index in [1.807, 2.05) is 12.1 Å². The minimum atomic E-state index is 0.504. The Morgan fingerprint density at radius 3 is 2.55 bits per heavy atom. The quantitative estimate of drug-likeness (QED) is 0.729. The Hall–Kier alpha value is -1.32. The summed E-state index contributed by atoms with van der Waals surface area (Å²) in [5.41, 5.74) is 3.64. The van der Waals surface area contributed by atoms with Gasteiger partial charge in [-0.15, -0.1) is 0 Å². The first kappa shape index (κ1) is 17.0. The molecular formula is C19H24BrNO. The van der Waals surface area contributed by atoms with E-state index in [9.17, 15) is 0 Å². The molecule has 118 valence electrons. The van der Waals surface area contributed by atoms with Gasteiger partial charge in [-0.1, -0.05) is 52.7 Å². The van der Waals surface area contributed by atoms with Gasteiger partial charge in [0.15, 0.2) is 0 Å². The Bertz CT molecular complexity index is 595. The Kier molecular flexibility index (Phi) is 6.47. The first-order chi connectivity index (χ1) is 10.6. The maximum atomic E-state index is 6.02. The summed E-state index contributed by atoms with van der Waals surface area (Å²) in [5.74, 6) is 0.944. The molecule has 0 aliphatic heterocycles. The third kappa shape index (κ3) is 5.15. The zero-order valence-corrected chi connectivity index (χ0v) is 15.1. The lowest BCUT2D eigenvalue weighted by Crippen LogP contribution is -2.24. The van der Waals surface area contributed by atoms with E-state index < -0.39 is 0 Å². The van der Waals surface area contributed by atoms with Gasteiger partial charge in [0.05, 0.1) is 0 Å². The molecule has 0 radical (unpaired) electrons. The molecule has 0 saturated carbocycles. The van der Waals surface area contributed by atoms with Gasteiger partial charge in [0.2, 0.25) is 0 Å². The van der Waals surface area contributed by atoms with E-state index in [-0.39, 0.29) is 0 Å². The molecule has 0 fully saturated rings. The van der Waals surface area contributed by atoms with Gasteiger partial charge in [0.1, 0.15) is 12.4 Å². The predicted octanol–water partition coefficient (Wildman–Crippen LogP) is 5.22. The lowest BCUT2D eigenvalue weighted by molar-refractivity contribution is 0.301. The first-order valence-corrected chi connectivity index (χ1v) is 8.58. The molecule has 3 heteroatoms. The summed E-state index contributed by atoms with van der Waals surface area (Å²) in [7, 11) is 0. The summed E-state index contributed by atoms with van der Waals surface area (Å²) in [4.78, 5) is 0. The zero-order chi connectivity index (χ0) is 15.9. The lowest BCUT2D eigenvalue weighted by atomic mass is 10.1. The van der Waals surface area contributed by atoms with Crippen LogP contribution < -0.4 is 10.1 Å². The van der Waals surface area contributed by atoms with Crippen LogP contribution in [0, 0.1) is 6.92 Å². The molecule has 2 rings (SSSR count). The van der Waals surface area contributed by atoms with Gasteiger partial charge < -0.3 is 10.1 Å². The predicted molar refractivity (Wildman–Crippen MR) is 96.2 cm³/mol. The van der Waals surface area contributed by atoms with E-state index in [1.54, 1.807) is 0 Å². The highest BCUT2D eigenvalue weighted by Crippen LogP contribution is 2.24. The second-order valence-electron chi connectivity index (χ2n) is 5.72. The molecule has 0 saturated heterocycles. The average Bonchev–Trinajstić information content (AvgIpc) is 2.53. The SMILES string of the molecule is CC[C@H](C)NCc1cc(Br)ccc1OCc1ccc(C)cc1. The van der Waals surface area contributed by atoms with Crippen LogP contribution >= 0.6 is 15.9 Å². The number of rotatable bonds is 7. The van der Waals surface area contributed by atoms with Crippen molar-refractivity contribution in [3.63, 3.8) is 0 Å². The number of hydrogen-bond donors (Lipinski definition) is 1. The normalized spacial score (nSPS) is 12.2. The van der Waals surface area contributed by atoms with Gasteiger partial charge in [-0.25, -0.2) is 0 Å². The van der Waals surface area contributed by atoms with E-state index in [0.29, 0.717) is 12.6 Å². The van der Waals surface area contributed by atoms with Crippen LogP contribution in [0.5, 0.6) is 5.75 Å². The molecule has 0 amide bonds. The highest BCUT2D eigenvalue weighted by atomic mass is 79.9. The molecule has 2 aromatic rings. The van der Waals surface area contributed by atoms with Crippen molar-refractivity contribution in [2.45, 2.75) is 46.4 Å². The van der Waals surface area contributed by atoms with Crippen molar-refractivity contribution in [1.29, 1.82) is 0 Å². The molecule has 1 atom stereocenters. The van der Waals surface area contributed by atoms with Crippen molar-refractivity contribution >= 4 is 15.9 Å².